The van der Waals surface area contributed by atoms with Crippen LogP contribution in [0.25, 0.3) is 0 Å². The maximum Gasteiger partial charge on any atom is 0.222 e. The second-order valence-corrected chi connectivity index (χ2v) is 8.63. The molecule has 3 rings (SSSR count). The average molecular weight is 321 g/mol. The van der Waals surface area contributed by atoms with E-state index in [0.717, 1.165) is 44.2 Å². The van der Waals surface area contributed by atoms with Crippen molar-refractivity contribution in [3.63, 3.8) is 0 Å². The minimum absolute atomic E-state index is 0.403. The number of hydrogen-bond donors (Lipinski definition) is 0. The third kappa shape index (κ3) is 4.49. The van der Waals surface area contributed by atoms with E-state index in [2.05, 4.69) is 23.6 Å². The van der Waals surface area contributed by atoms with Gasteiger partial charge in [-0.2, -0.15) is 0 Å². The van der Waals surface area contributed by atoms with Crippen LogP contribution in [-0.2, 0) is 4.79 Å². The first-order chi connectivity index (χ1) is 11.1. The van der Waals surface area contributed by atoms with Gasteiger partial charge in [0.05, 0.1) is 0 Å². The van der Waals surface area contributed by atoms with Crippen molar-refractivity contribution in [1.29, 1.82) is 0 Å². The van der Waals surface area contributed by atoms with Crippen molar-refractivity contribution in [2.45, 2.75) is 77.7 Å². The molecule has 3 fully saturated rings. The highest BCUT2D eigenvalue weighted by Crippen LogP contribution is 2.37. The number of hydrogen-bond acceptors (Lipinski definition) is 2. The Morgan fingerprint density at radius 1 is 1.00 bits per heavy atom. The van der Waals surface area contributed by atoms with Crippen LogP contribution in [0, 0.1) is 17.8 Å². The Balaban J connectivity index is 1.52. The maximum atomic E-state index is 12.4. The highest BCUT2D eigenvalue weighted by Gasteiger charge is 2.35. The van der Waals surface area contributed by atoms with Gasteiger partial charge in [-0.3, -0.25) is 4.79 Å². The Morgan fingerprint density at radius 3 is 2.57 bits per heavy atom. The van der Waals surface area contributed by atoms with Gasteiger partial charge >= 0.3 is 0 Å². The zero-order chi connectivity index (χ0) is 16.2. The zero-order valence-electron chi connectivity index (χ0n) is 15.3. The largest absolute Gasteiger partial charge is 0.343 e. The number of amides is 1. The number of fused-ring (bicyclic) bond motifs is 1. The van der Waals surface area contributed by atoms with E-state index >= 15 is 0 Å². The summed E-state index contributed by atoms with van der Waals surface area (Å²) in [4.78, 5) is 17.3. The number of rotatable bonds is 4. The van der Waals surface area contributed by atoms with Gasteiger partial charge in [-0.25, -0.2) is 0 Å². The summed E-state index contributed by atoms with van der Waals surface area (Å²) in [5, 5.41) is 0. The smallest absolute Gasteiger partial charge is 0.222 e. The van der Waals surface area contributed by atoms with Gasteiger partial charge in [-0.05, 0) is 56.4 Å². The molecular weight excluding hydrogens is 284 g/mol. The average Bonchev–Trinajstić information content (AvgIpc) is 2.74. The normalized spacial score (nSPS) is 33.6. The van der Waals surface area contributed by atoms with Gasteiger partial charge in [0.15, 0.2) is 0 Å². The van der Waals surface area contributed by atoms with Gasteiger partial charge in [0.25, 0.3) is 0 Å². The molecule has 132 valence electrons. The van der Waals surface area contributed by atoms with Crippen LogP contribution < -0.4 is 0 Å². The van der Waals surface area contributed by atoms with Crippen molar-refractivity contribution in [2.75, 3.05) is 26.2 Å². The fraction of sp³-hybridized carbons (Fsp3) is 0.950. The SMILES string of the molecule is CC(C)CCN1CCC(N2CC[C@@H]3CCCC[C@H]3C2)CCC1=O. The molecule has 3 atom stereocenters. The van der Waals surface area contributed by atoms with Gasteiger partial charge in [-0.15, -0.1) is 0 Å². The second-order valence-electron chi connectivity index (χ2n) is 8.63. The van der Waals surface area contributed by atoms with Crippen LogP contribution in [0.1, 0.15) is 71.6 Å². The first kappa shape index (κ1) is 17.3. The van der Waals surface area contributed by atoms with E-state index in [1.807, 2.05) is 0 Å². The first-order valence-corrected chi connectivity index (χ1v) is 10.2. The fourth-order valence-electron chi connectivity index (χ4n) is 5.00. The Morgan fingerprint density at radius 2 is 1.78 bits per heavy atom. The van der Waals surface area contributed by atoms with Crippen LogP contribution in [0.3, 0.4) is 0 Å². The van der Waals surface area contributed by atoms with Crippen LogP contribution in [0.5, 0.6) is 0 Å². The third-order valence-electron chi connectivity index (χ3n) is 6.59. The van der Waals surface area contributed by atoms with Crippen molar-refractivity contribution in [3.8, 4) is 0 Å². The summed E-state index contributed by atoms with van der Waals surface area (Å²) in [5.41, 5.74) is 0. The summed E-state index contributed by atoms with van der Waals surface area (Å²) >= 11 is 0. The number of piperidine rings is 1. The Labute approximate surface area is 142 Å². The molecule has 3 aliphatic rings. The van der Waals surface area contributed by atoms with E-state index < -0.39 is 0 Å². The minimum Gasteiger partial charge on any atom is -0.343 e. The van der Waals surface area contributed by atoms with Crippen LogP contribution in [0.2, 0.25) is 0 Å². The molecule has 1 saturated carbocycles. The standard InChI is InChI=1S/C20H36N2O/c1-16(2)9-12-21-14-11-19(7-8-20(21)23)22-13-10-17-5-3-4-6-18(17)15-22/h16-19H,3-15H2,1-2H3/t17-,18-,19?/m0/s1. The number of likely N-dealkylation sites (tertiary alicyclic amines) is 2. The molecule has 0 aromatic heterocycles. The molecule has 0 bridgehead atoms. The lowest BCUT2D eigenvalue weighted by Gasteiger charge is -2.44. The Hall–Kier alpha value is -0.570. The lowest BCUT2D eigenvalue weighted by atomic mass is 9.74. The van der Waals surface area contributed by atoms with Crippen LogP contribution in [-0.4, -0.2) is 47.9 Å². The van der Waals surface area contributed by atoms with E-state index in [1.54, 1.807) is 0 Å². The summed E-state index contributed by atoms with van der Waals surface area (Å²) in [7, 11) is 0. The molecular formula is C20H36N2O. The van der Waals surface area contributed by atoms with Crippen LogP contribution in [0.15, 0.2) is 0 Å². The molecule has 0 aromatic carbocycles. The fourth-order valence-corrected chi connectivity index (χ4v) is 5.00. The molecule has 2 aliphatic heterocycles. The molecule has 0 N–H and O–H groups in total. The molecule has 2 saturated heterocycles. The molecule has 2 heterocycles. The van der Waals surface area contributed by atoms with E-state index in [9.17, 15) is 4.79 Å². The number of carbonyl (C=O) groups excluding carboxylic acids is 1. The first-order valence-electron chi connectivity index (χ1n) is 10.2. The number of nitrogens with zero attached hydrogens (tertiary/aromatic N) is 2. The molecule has 3 nitrogen and oxygen atoms in total. The maximum absolute atomic E-state index is 12.4. The van der Waals surface area contributed by atoms with Crippen molar-refractivity contribution >= 4 is 5.91 Å². The van der Waals surface area contributed by atoms with Gasteiger partial charge in [-0.1, -0.05) is 33.1 Å². The predicted molar refractivity (Wildman–Crippen MR) is 95.3 cm³/mol. The Bertz CT molecular complexity index is 395. The summed E-state index contributed by atoms with van der Waals surface area (Å²) in [6.45, 7) is 9.05. The summed E-state index contributed by atoms with van der Waals surface area (Å²) in [5.74, 6) is 3.05. The van der Waals surface area contributed by atoms with Gasteiger partial charge < -0.3 is 9.80 Å². The molecule has 0 spiro atoms. The molecule has 1 amide bonds. The highest BCUT2D eigenvalue weighted by molar-refractivity contribution is 5.76. The van der Waals surface area contributed by atoms with Crippen molar-refractivity contribution in [2.24, 2.45) is 17.8 Å². The monoisotopic (exact) mass is 320 g/mol. The topological polar surface area (TPSA) is 23.6 Å². The van der Waals surface area contributed by atoms with Gasteiger partial charge in [0.1, 0.15) is 0 Å². The van der Waals surface area contributed by atoms with E-state index in [-0.39, 0.29) is 0 Å². The molecule has 3 heteroatoms. The predicted octanol–water partition coefficient (Wildman–Crippen LogP) is 3.93. The third-order valence-corrected chi connectivity index (χ3v) is 6.59. The quantitative estimate of drug-likeness (QED) is 0.783. The second kappa shape index (κ2) is 8.00. The summed E-state index contributed by atoms with van der Waals surface area (Å²) in [6, 6.07) is 0.658. The van der Waals surface area contributed by atoms with Crippen molar-refractivity contribution < 1.29 is 4.79 Å². The Kier molecular flexibility index (Phi) is 6.01. The van der Waals surface area contributed by atoms with Crippen LogP contribution >= 0.6 is 0 Å². The van der Waals surface area contributed by atoms with E-state index in [4.69, 9.17) is 0 Å². The zero-order valence-corrected chi connectivity index (χ0v) is 15.3. The van der Waals surface area contributed by atoms with Gasteiger partial charge in [0.2, 0.25) is 5.91 Å². The molecule has 23 heavy (non-hydrogen) atoms. The highest BCUT2D eigenvalue weighted by atomic mass is 16.2. The van der Waals surface area contributed by atoms with Crippen molar-refractivity contribution in [1.82, 2.24) is 9.80 Å². The molecule has 0 aromatic rings. The number of carbonyl (C=O) groups is 1. The lowest BCUT2D eigenvalue weighted by molar-refractivity contribution is -0.130. The van der Waals surface area contributed by atoms with Crippen molar-refractivity contribution in [3.05, 3.63) is 0 Å². The molecule has 1 aliphatic carbocycles. The van der Waals surface area contributed by atoms with E-state index in [1.165, 1.54) is 51.6 Å². The lowest BCUT2D eigenvalue weighted by Crippen LogP contribution is -2.47. The summed E-state index contributed by atoms with van der Waals surface area (Å²) < 4.78 is 0. The molecule has 0 radical (unpaired) electrons. The van der Waals surface area contributed by atoms with Gasteiger partial charge in [0, 0.05) is 32.1 Å². The molecule has 1 unspecified atom stereocenters. The van der Waals surface area contributed by atoms with Crippen LogP contribution in [0.4, 0.5) is 0 Å². The summed E-state index contributed by atoms with van der Waals surface area (Å²) in [6.07, 6.45) is 11.4. The minimum atomic E-state index is 0.403. The van der Waals surface area contributed by atoms with E-state index in [0.29, 0.717) is 17.9 Å².